The standard InChI is InChI=1S/C34H39N3O5/c1-3-30(32(39)40)36(2)31(38)21-34(17-19-37(20-18-34)22-24-11-5-4-6-12-24)35-33(41)42-23-29-27-15-9-7-13-25(27)26-14-8-10-16-28(26)29/h4-16,29-30H,3,17-23H2,1-2H3,(H,35,41)(H,39,40). The normalized spacial score (nSPS) is 16.6. The van der Waals surface area contributed by atoms with E-state index in [9.17, 15) is 19.5 Å². The number of hydrogen-bond acceptors (Lipinski definition) is 5. The summed E-state index contributed by atoms with van der Waals surface area (Å²) < 4.78 is 5.86. The van der Waals surface area contributed by atoms with Crippen molar-refractivity contribution in [3.8, 4) is 11.1 Å². The van der Waals surface area contributed by atoms with Crippen molar-refractivity contribution in [1.29, 1.82) is 0 Å². The van der Waals surface area contributed by atoms with Crippen LogP contribution in [0.5, 0.6) is 0 Å². The molecule has 0 saturated carbocycles. The van der Waals surface area contributed by atoms with Gasteiger partial charge in [0, 0.05) is 32.6 Å². The lowest BCUT2D eigenvalue weighted by atomic mass is 9.83. The summed E-state index contributed by atoms with van der Waals surface area (Å²) in [6.45, 7) is 4.08. The minimum Gasteiger partial charge on any atom is -0.480 e. The highest BCUT2D eigenvalue weighted by molar-refractivity contribution is 5.84. The van der Waals surface area contributed by atoms with Gasteiger partial charge < -0.3 is 20.1 Å². The van der Waals surface area contributed by atoms with Crippen LogP contribution in [-0.4, -0.2) is 71.2 Å². The fraction of sp³-hybridized carbons (Fsp3) is 0.382. The number of carbonyl (C=O) groups is 3. The maximum Gasteiger partial charge on any atom is 0.407 e. The van der Waals surface area contributed by atoms with Crippen molar-refractivity contribution in [3.63, 3.8) is 0 Å². The van der Waals surface area contributed by atoms with Crippen LogP contribution in [0.1, 0.15) is 55.2 Å². The summed E-state index contributed by atoms with van der Waals surface area (Å²) in [7, 11) is 1.52. The molecule has 220 valence electrons. The highest BCUT2D eigenvalue weighted by Gasteiger charge is 2.41. The SMILES string of the molecule is CCC(C(=O)O)N(C)C(=O)CC1(NC(=O)OCC2c3ccccc3-c3ccccc32)CCN(Cc2ccccc2)CC1. The second kappa shape index (κ2) is 12.8. The Hall–Kier alpha value is -4.17. The molecule has 2 N–H and O–H groups in total. The minimum atomic E-state index is -1.04. The molecule has 8 nitrogen and oxygen atoms in total. The lowest BCUT2D eigenvalue weighted by Crippen LogP contribution is -2.58. The Morgan fingerprint density at radius 2 is 1.52 bits per heavy atom. The first-order valence-electron chi connectivity index (χ1n) is 14.7. The van der Waals surface area contributed by atoms with Gasteiger partial charge in [0.25, 0.3) is 0 Å². The molecule has 1 unspecified atom stereocenters. The number of carbonyl (C=O) groups excluding carboxylic acids is 2. The summed E-state index contributed by atoms with van der Waals surface area (Å²) in [5, 5.41) is 12.7. The Kier molecular flexibility index (Phi) is 8.92. The molecule has 8 heteroatoms. The van der Waals surface area contributed by atoms with Crippen molar-refractivity contribution in [3.05, 3.63) is 95.6 Å². The van der Waals surface area contributed by atoms with Gasteiger partial charge >= 0.3 is 12.1 Å². The second-order valence-electron chi connectivity index (χ2n) is 11.4. The van der Waals surface area contributed by atoms with Crippen molar-refractivity contribution >= 4 is 18.0 Å². The molecule has 42 heavy (non-hydrogen) atoms. The second-order valence-corrected chi connectivity index (χ2v) is 11.4. The van der Waals surface area contributed by atoms with E-state index in [1.807, 2.05) is 42.5 Å². The molecule has 1 aliphatic carbocycles. The number of fused-ring (bicyclic) bond motifs is 3. The predicted octanol–water partition coefficient (Wildman–Crippen LogP) is 5.27. The quantitative estimate of drug-likeness (QED) is 0.345. The zero-order valence-corrected chi connectivity index (χ0v) is 24.3. The summed E-state index contributed by atoms with van der Waals surface area (Å²) in [5.74, 6) is -1.41. The number of alkyl carbamates (subject to hydrolysis) is 1. The van der Waals surface area contributed by atoms with E-state index in [2.05, 4.69) is 46.6 Å². The molecule has 2 aliphatic rings. The average Bonchev–Trinajstić information content (AvgIpc) is 3.31. The first kappa shape index (κ1) is 29.3. The molecule has 3 aromatic rings. The van der Waals surface area contributed by atoms with E-state index in [1.165, 1.54) is 17.5 Å². The van der Waals surface area contributed by atoms with Crippen molar-refractivity contribution in [2.45, 2.75) is 56.7 Å². The summed E-state index contributed by atoms with van der Waals surface area (Å²) >= 11 is 0. The number of rotatable bonds is 10. The van der Waals surface area contributed by atoms with E-state index in [1.54, 1.807) is 6.92 Å². The van der Waals surface area contributed by atoms with Gasteiger partial charge in [0.05, 0.1) is 12.0 Å². The summed E-state index contributed by atoms with van der Waals surface area (Å²) in [6.07, 6.45) is 0.849. The van der Waals surface area contributed by atoms with Crippen LogP contribution < -0.4 is 5.32 Å². The van der Waals surface area contributed by atoms with Gasteiger partial charge in [0.1, 0.15) is 12.6 Å². The third-order valence-corrected chi connectivity index (χ3v) is 8.80. The number of amides is 2. The maximum absolute atomic E-state index is 13.4. The van der Waals surface area contributed by atoms with Crippen LogP contribution in [0.4, 0.5) is 4.79 Å². The van der Waals surface area contributed by atoms with Gasteiger partial charge in [-0.15, -0.1) is 0 Å². The Morgan fingerprint density at radius 3 is 2.10 bits per heavy atom. The first-order valence-corrected chi connectivity index (χ1v) is 14.7. The molecule has 0 radical (unpaired) electrons. The number of nitrogens with one attached hydrogen (secondary N) is 1. The van der Waals surface area contributed by atoms with Gasteiger partial charge in [0.2, 0.25) is 5.91 Å². The molecule has 1 heterocycles. The third-order valence-electron chi connectivity index (χ3n) is 8.80. The zero-order valence-electron chi connectivity index (χ0n) is 24.3. The van der Waals surface area contributed by atoms with Crippen molar-refractivity contribution in [2.75, 3.05) is 26.7 Å². The van der Waals surface area contributed by atoms with Gasteiger partial charge in [-0.05, 0) is 47.1 Å². The van der Waals surface area contributed by atoms with Crippen LogP contribution in [0, 0.1) is 0 Å². The zero-order chi connectivity index (χ0) is 29.7. The summed E-state index contributed by atoms with van der Waals surface area (Å²) in [5.41, 5.74) is 4.94. The number of ether oxygens (including phenoxy) is 1. The smallest absolute Gasteiger partial charge is 0.407 e. The monoisotopic (exact) mass is 569 g/mol. The highest BCUT2D eigenvalue weighted by atomic mass is 16.5. The fourth-order valence-corrected chi connectivity index (χ4v) is 6.38. The van der Waals surface area contributed by atoms with E-state index in [-0.39, 0.29) is 24.9 Å². The van der Waals surface area contributed by atoms with E-state index >= 15 is 0 Å². The Balaban J connectivity index is 1.29. The Labute approximate surface area is 247 Å². The van der Waals surface area contributed by atoms with Gasteiger partial charge in [-0.25, -0.2) is 9.59 Å². The van der Waals surface area contributed by atoms with Gasteiger partial charge in [0.15, 0.2) is 0 Å². The molecular weight excluding hydrogens is 530 g/mol. The fourth-order valence-electron chi connectivity index (χ4n) is 6.38. The molecule has 1 fully saturated rings. The predicted molar refractivity (Wildman–Crippen MR) is 161 cm³/mol. The number of hydrogen-bond donors (Lipinski definition) is 2. The summed E-state index contributed by atoms with van der Waals surface area (Å²) in [6, 6.07) is 25.7. The first-order chi connectivity index (χ1) is 20.3. The Bertz CT molecular complexity index is 1370. The van der Waals surface area contributed by atoms with Crippen molar-refractivity contribution in [2.24, 2.45) is 0 Å². The molecule has 3 aromatic carbocycles. The van der Waals surface area contributed by atoms with Gasteiger partial charge in [-0.1, -0.05) is 85.8 Å². The van der Waals surface area contributed by atoms with E-state index in [0.29, 0.717) is 32.4 Å². The molecule has 0 bridgehead atoms. The molecule has 0 aromatic heterocycles. The van der Waals surface area contributed by atoms with Crippen LogP contribution in [0.15, 0.2) is 78.9 Å². The average molecular weight is 570 g/mol. The van der Waals surface area contributed by atoms with Gasteiger partial charge in [-0.2, -0.15) is 0 Å². The van der Waals surface area contributed by atoms with Crippen LogP contribution in [0.3, 0.4) is 0 Å². The minimum absolute atomic E-state index is 0.0106. The molecule has 2 amide bonds. The third kappa shape index (κ3) is 6.34. The number of likely N-dealkylation sites (tertiary alicyclic amines) is 1. The molecule has 0 spiro atoms. The molecule has 5 rings (SSSR count). The molecule has 1 aliphatic heterocycles. The van der Waals surface area contributed by atoms with E-state index in [0.717, 1.165) is 28.8 Å². The van der Waals surface area contributed by atoms with Gasteiger partial charge in [-0.3, -0.25) is 9.69 Å². The number of likely N-dealkylation sites (N-methyl/N-ethyl adjacent to an activating group) is 1. The molecule has 1 atom stereocenters. The number of nitrogens with zero attached hydrogens (tertiary/aromatic N) is 2. The lowest BCUT2D eigenvalue weighted by Gasteiger charge is -2.42. The Morgan fingerprint density at radius 1 is 0.952 bits per heavy atom. The van der Waals surface area contributed by atoms with Crippen LogP contribution in [0.25, 0.3) is 11.1 Å². The number of carboxylic acid groups (broad SMARTS) is 1. The summed E-state index contributed by atoms with van der Waals surface area (Å²) in [4.78, 5) is 42.1. The van der Waals surface area contributed by atoms with E-state index in [4.69, 9.17) is 4.74 Å². The number of benzene rings is 3. The highest BCUT2D eigenvalue weighted by Crippen LogP contribution is 2.44. The number of carboxylic acids is 1. The number of piperidine rings is 1. The van der Waals surface area contributed by atoms with E-state index < -0.39 is 23.6 Å². The van der Waals surface area contributed by atoms with Crippen molar-refractivity contribution < 1.29 is 24.2 Å². The lowest BCUT2D eigenvalue weighted by molar-refractivity contribution is -0.150. The maximum atomic E-state index is 13.4. The van der Waals surface area contributed by atoms with Crippen LogP contribution in [0.2, 0.25) is 0 Å². The van der Waals surface area contributed by atoms with Crippen molar-refractivity contribution in [1.82, 2.24) is 15.1 Å². The largest absolute Gasteiger partial charge is 0.480 e. The topological polar surface area (TPSA) is 99.2 Å². The van der Waals surface area contributed by atoms with Crippen LogP contribution >= 0.6 is 0 Å². The molecule has 1 saturated heterocycles. The molecular formula is C34H39N3O5. The number of aliphatic carboxylic acids is 1. The van der Waals surface area contributed by atoms with Crippen LogP contribution in [-0.2, 0) is 20.9 Å².